The maximum atomic E-state index is 6.58. The molecule has 0 spiro atoms. The molecule has 6 aliphatic rings. The molecule has 0 bridgehead atoms. The predicted molar refractivity (Wildman–Crippen MR) is 222 cm³/mol. The van der Waals surface area contributed by atoms with Gasteiger partial charge in [0.2, 0.25) is 26.0 Å². The Morgan fingerprint density at radius 1 is 0.491 bits per heavy atom. The Labute approximate surface area is 320 Å². The fourth-order valence-electron chi connectivity index (χ4n) is 10.0. The highest BCUT2D eigenvalue weighted by Crippen LogP contribution is 2.47. The summed E-state index contributed by atoms with van der Waals surface area (Å²) in [7, 11) is 0. The number of rotatable bonds is 6. The number of hydrogen-bond acceptors (Lipinski definition) is 5. The van der Waals surface area contributed by atoms with Gasteiger partial charge in [0.15, 0.2) is 0 Å². The van der Waals surface area contributed by atoms with Crippen LogP contribution in [0.25, 0.3) is 44.5 Å². The van der Waals surface area contributed by atoms with E-state index in [4.69, 9.17) is 18.9 Å². The van der Waals surface area contributed by atoms with Crippen molar-refractivity contribution < 1.29 is 18.9 Å². The van der Waals surface area contributed by atoms with Crippen molar-refractivity contribution in [2.24, 2.45) is 0 Å². The van der Waals surface area contributed by atoms with E-state index in [9.17, 15) is 0 Å². The molecule has 0 aliphatic carbocycles. The van der Waals surface area contributed by atoms with Crippen molar-refractivity contribution in [1.29, 1.82) is 0 Å². The van der Waals surface area contributed by atoms with E-state index in [0.717, 1.165) is 11.5 Å². The molecule has 0 amide bonds. The van der Waals surface area contributed by atoms with Crippen LogP contribution in [0, 0.1) is 0 Å². The molecule has 4 unspecified atom stereocenters. The highest BCUT2D eigenvalue weighted by Gasteiger charge is 2.51. The molecule has 6 aliphatic heterocycles. The minimum Gasteiger partial charge on any atom is -0.462 e. The molecule has 4 atom stereocenters. The molecular weight excluding hydrogens is 676 g/mol. The number of nitrogens with zero attached hydrogens (tertiary/aromatic N) is 1. The molecule has 7 heteroatoms. The number of ether oxygens (including phenoxy) is 4. The second-order valence-electron chi connectivity index (χ2n) is 15.7. The number of anilines is 3. The first kappa shape index (κ1) is 30.3. The van der Waals surface area contributed by atoms with E-state index in [1.54, 1.807) is 0 Å². The standard InChI is InChI=1S/C48H33B2NO4/c1-26-47(52-26)54-32-18-15-29(16-19-32)30-17-20-33-34-12-8-14-40-44(34)50(37(33)23-30)39-25-31(28-9-4-3-5-10-28)24-38-46(39)51(40)41-21-22-42(55-48-27(2)53-48)43-35-11-6-7-13-36(35)49(38)45(41)43/h3-27,47-48H,1-2H3. The molecule has 260 valence electrons. The lowest BCUT2D eigenvalue weighted by Gasteiger charge is -2.43. The van der Waals surface area contributed by atoms with Gasteiger partial charge in [0, 0.05) is 22.6 Å². The SMILES string of the molecule is CC1OC1Oc1ccc(-c2ccc3c(c2)B2c4cc(-c5ccccc5)cc5c4N(c4cccc-3c42)c2ccc(OC3OC3C)c3c2B5c2ccccc2-3)cc1. The second kappa shape index (κ2) is 10.8. The summed E-state index contributed by atoms with van der Waals surface area (Å²) < 4.78 is 23.8. The van der Waals surface area contributed by atoms with Crippen LogP contribution < -0.4 is 47.2 Å². The van der Waals surface area contributed by atoms with Crippen LogP contribution >= 0.6 is 0 Å². The van der Waals surface area contributed by atoms with Crippen molar-refractivity contribution in [2.45, 2.75) is 38.6 Å². The van der Waals surface area contributed by atoms with E-state index in [2.05, 4.69) is 151 Å². The van der Waals surface area contributed by atoms with Crippen molar-refractivity contribution >= 4 is 63.3 Å². The largest absolute Gasteiger partial charge is 0.462 e. The number of hydrogen-bond donors (Lipinski definition) is 0. The summed E-state index contributed by atoms with van der Waals surface area (Å²) in [5.74, 6) is 1.73. The quantitative estimate of drug-likeness (QED) is 0.149. The minimum absolute atomic E-state index is 0.0673. The molecule has 0 saturated carbocycles. The first-order chi connectivity index (χ1) is 27.1. The van der Waals surface area contributed by atoms with Gasteiger partial charge in [-0.3, -0.25) is 0 Å². The van der Waals surface area contributed by atoms with Crippen molar-refractivity contribution in [3.8, 4) is 56.0 Å². The summed E-state index contributed by atoms with van der Waals surface area (Å²) in [6.45, 7) is 4.25. The Morgan fingerprint density at radius 2 is 1.13 bits per heavy atom. The Balaban J connectivity index is 1.05. The first-order valence-electron chi connectivity index (χ1n) is 19.4. The molecule has 55 heavy (non-hydrogen) atoms. The van der Waals surface area contributed by atoms with Crippen LogP contribution in [-0.4, -0.2) is 38.2 Å². The molecule has 2 fully saturated rings. The van der Waals surface area contributed by atoms with E-state index >= 15 is 0 Å². The van der Waals surface area contributed by atoms with Gasteiger partial charge in [0.05, 0.1) is 0 Å². The van der Waals surface area contributed by atoms with Crippen LogP contribution in [0.15, 0.2) is 140 Å². The van der Waals surface area contributed by atoms with Gasteiger partial charge >= 0.3 is 0 Å². The fraction of sp³-hybridized carbons (Fsp3) is 0.125. The van der Waals surface area contributed by atoms with E-state index in [-0.39, 0.29) is 38.2 Å². The molecule has 2 saturated heterocycles. The normalized spacial score (nSPS) is 20.7. The van der Waals surface area contributed by atoms with Crippen LogP contribution in [0.1, 0.15) is 13.8 Å². The van der Waals surface area contributed by atoms with Crippen LogP contribution in [0.2, 0.25) is 0 Å². The maximum absolute atomic E-state index is 6.58. The topological polar surface area (TPSA) is 46.8 Å². The summed E-state index contributed by atoms with van der Waals surface area (Å²) in [5.41, 5.74) is 21.8. The lowest BCUT2D eigenvalue weighted by atomic mass is 9.32. The molecule has 5 nitrogen and oxygen atoms in total. The van der Waals surface area contributed by atoms with Crippen molar-refractivity contribution in [2.75, 3.05) is 4.90 Å². The van der Waals surface area contributed by atoms with Gasteiger partial charge in [-0.2, -0.15) is 0 Å². The van der Waals surface area contributed by atoms with Crippen LogP contribution in [0.3, 0.4) is 0 Å². The molecule has 0 N–H and O–H groups in total. The molecule has 13 rings (SSSR count). The summed E-state index contributed by atoms with van der Waals surface area (Å²) in [5, 5.41) is 0. The zero-order valence-corrected chi connectivity index (χ0v) is 30.3. The Kier molecular flexibility index (Phi) is 5.96. The highest BCUT2D eigenvalue weighted by atomic mass is 16.8. The van der Waals surface area contributed by atoms with Gasteiger partial charge in [0.1, 0.15) is 23.7 Å². The Morgan fingerprint density at radius 3 is 1.91 bits per heavy atom. The number of epoxide rings is 2. The van der Waals surface area contributed by atoms with Crippen LogP contribution in [-0.2, 0) is 9.47 Å². The predicted octanol–water partition coefficient (Wildman–Crippen LogP) is 6.36. The summed E-state index contributed by atoms with van der Waals surface area (Å²) in [4.78, 5) is 2.58. The summed E-state index contributed by atoms with van der Waals surface area (Å²) >= 11 is 0. The van der Waals surface area contributed by atoms with Crippen molar-refractivity contribution in [3.05, 3.63) is 140 Å². The first-order valence-corrected chi connectivity index (χ1v) is 19.4. The van der Waals surface area contributed by atoms with Gasteiger partial charge in [-0.15, -0.1) is 0 Å². The Bertz CT molecular complexity index is 2800. The van der Waals surface area contributed by atoms with Gasteiger partial charge in [0.25, 0.3) is 0 Å². The third-order valence-electron chi connectivity index (χ3n) is 12.6. The third kappa shape index (κ3) is 4.23. The minimum atomic E-state index is -0.211. The molecule has 6 heterocycles. The maximum Gasteiger partial charge on any atom is 0.248 e. The van der Waals surface area contributed by atoms with E-state index in [1.807, 2.05) is 6.92 Å². The molecule has 0 aromatic heterocycles. The van der Waals surface area contributed by atoms with Crippen molar-refractivity contribution in [3.63, 3.8) is 0 Å². The lowest BCUT2D eigenvalue weighted by Crippen LogP contribution is -2.63. The third-order valence-corrected chi connectivity index (χ3v) is 12.6. The average molecular weight is 709 g/mol. The monoisotopic (exact) mass is 709 g/mol. The van der Waals surface area contributed by atoms with Crippen LogP contribution in [0.4, 0.5) is 17.1 Å². The van der Waals surface area contributed by atoms with Crippen LogP contribution in [0.5, 0.6) is 11.5 Å². The number of benzene rings is 7. The molecule has 7 aromatic carbocycles. The average Bonchev–Trinajstić information content (AvgIpc) is 4.03. The van der Waals surface area contributed by atoms with E-state index in [1.165, 1.54) is 94.3 Å². The summed E-state index contributed by atoms with van der Waals surface area (Å²) in [6.07, 6.45) is -0.108. The van der Waals surface area contributed by atoms with Crippen molar-refractivity contribution in [1.82, 2.24) is 0 Å². The van der Waals surface area contributed by atoms with Gasteiger partial charge in [-0.1, -0.05) is 120 Å². The zero-order chi connectivity index (χ0) is 36.1. The van der Waals surface area contributed by atoms with Gasteiger partial charge in [-0.05, 0) is 105 Å². The molecular formula is C48H33B2NO4. The highest BCUT2D eigenvalue weighted by molar-refractivity contribution is 7.05. The molecule has 0 radical (unpaired) electrons. The zero-order valence-electron chi connectivity index (χ0n) is 30.3. The Hall–Kier alpha value is -6.01. The lowest BCUT2D eigenvalue weighted by molar-refractivity contribution is 0.178. The number of fused-ring (bicyclic) bond motifs is 10. The van der Waals surface area contributed by atoms with Gasteiger partial charge in [-0.25, -0.2) is 0 Å². The van der Waals surface area contributed by atoms with Gasteiger partial charge < -0.3 is 23.8 Å². The fourth-order valence-corrected chi connectivity index (χ4v) is 10.0. The second-order valence-corrected chi connectivity index (χ2v) is 15.7. The summed E-state index contributed by atoms with van der Waals surface area (Å²) in [6, 6.07) is 51.6. The molecule has 7 aromatic rings. The smallest absolute Gasteiger partial charge is 0.248 e. The van der Waals surface area contributed by atoms with E-state index < -0.39 is 0 Å². The van der Waals surface area contributed by atoms with E-state index in [0.29, 0.717) is 0 Å².